The Morgan fingerprint density at radius 2 is 1.69 bits per heavy atom. The van der Waals surface area contributed by atoms with Crippen molar-refractivity contribution in [3.05, 3.63) is 65.1 Å². The molecule has 0 heterocycles. The van der Waals surface area contributed by atoms with Gasteiger partial charge in [-0.25, -0.2) is 0 Å². The molecule has 0 bridgehead atoms. The van der Waals surface area contributed by atoms with E-state index < -0.39 is 0 Å². The van der Waals surface area contributed by atoms with Gasteiger partial charge in [0.2, 0.25) is 0 Å². The normalized spacial score (nSPS) is 17.6. The summed E-state index contributed by atoms with van der Waals surface area (Å²) in [7, 11) is 0. The molecule has 0 amide bonds. The van der Waals surface area contributed by atoms with Crippen LogP contribution in [0.15, 0.2) is 36.4 Å². The van der Waals surface area contributed by atoms with Crippen LogP contribution in [0.5, 0.6) is 0 Å². The van der Waals surface area contributed by atoms with Crippen molar-refractivity contribution in [2.45, 2.75) is 19.3 Å². The third-order valence-corrected chi connectivity index (χ3v) is 4.03. The van der Waals surface area contributed by atoms with E-state index in [-0.39, 0.29) is 0 Å². The van der Waals surface area contributed by atoms with Crippen molar-refractivity contribution in [1.82, 2.24) is 0 Å². The molecule has 0 spiro atoms. The monoisotopic (exact) mass is 205 g/mol. The first-order valence-electron chi connectivity index (χ1n) is 5.82. The van der Waals surface area contributed by atoms with Crippen molar-refractivity contribution >= 4 is 0 Å². The van der Waals surface area contributed by atoms with E-state index in [2.05, 4.69) is 56.7 Å². The zero-order valence-corrected chi connectivity index (χ0v) is 9.54. The summed E-state index contributed by atoms with van der Waals surface area (Å²) in [5, 5.41) is 0. The van der Waals surface area contributed by atoms with Gasteiger partial charge in [0.1, 0.15) is 0 Å². The van der Waals surface area contributed by atoms with Crippen LogP contribution in [-0.4, -0.2) is 0 Å². The third kappa shape index (κ3) is 0.824. The topological polar surface area (TPSA) is 0 Å². The Kier molecular flexibility index (Phi) is 1.29. The van der Waals surface area contributed by atoms with E-state index in [4.69, 9.17) is 0 Å². The predicted octanol–water partition coefficient (Wildman–Crippen LogP) is 3.91. The number of benzene rings is 2. The molecule has 0 saturated heterocycles. The fraction of sp³-hybridized carbons (Fsp3) is 0.188. The van der Waals surface area contributed by atoms with E-state index in [0.29, 0.717) is 5.41 Å². The fourth-order valence-electron chi connectivity index (χ4n) is 3.07. The predicted molar refractivity (Wildman–Crippen MR) is 66.5 cm³/mol. The molecule has 0 atom stereocenters. The van der Waals surface area contributed by atoms with E-state index in [9.17, 15) is 0 Å². The highest BCUT2D eigenvalue weighted by Crippen LogP contribution is 2.56. The second-order valence-electron chi connectivity index (χ2n) is 5.31. The van der Waals surface area contributed by atoms with Crippen LogP contribution in [0.4, 0.5) is 0 Å². The molecule has 0 nitrogen and oxygen atoms in total. The average Bonchev–Trinajstić information content (AvgIpc) is 2.70. The van der Waals surface area contributed by atoms with Crippen LogP contribution < -0.4 is 0 Å². The fourth-order valence-corrected chi connectivity index (χ4v) is 3.07. The number of rotatable bonds is 0. The minimum Gasteiger partial charge on any atom is -0.0619 e. The Hall–Kier alpha value is -1.56. The molecular weight excluding hydrogens is 192 g/mol. The van der Waals surface area contributed by atoms with Crippen molar-refractivity contribution in [1.29, 1.82) is 0 Å². The molecule has 0 N–H and O–H groups in total. The van der Waals surface area contributed by atoms with Crippen LogP contribution in [0.3, 0.4) is 0 Å². The molecule has 1 radical (unpaired) electrons. The zero-order valence-electron chi connectivity index (χ0n) is 9.54. The third-order valence-electron chi connectivity index (χ3n) is 4.03. The first-order valence-corrected chi connectivity index (χ1v) is 5.82. The molecule has 0 unspecified atom stereocenters. The highest BCUT2D eigenvalue weighted by molar-refractivity contribution is 5.86. The molecule has 2 aliphatic carbocycles. The van der Waals surface area contributed by atoms with E-state index in [1.54, 1.807) is 5.56 Å². The van der Waals surface area contributed by atoms with Gasteiger partial charge in [0.25, 0.3) is 0 Å². The summed E-state index contributed by atoms with van der Waals surface area (Å²) in [6.45, 7) is 4.63. The molecule has 77 valence electrons. The van der Waals surface area contributed by atoms with Crippen LogP contribution >= 0.6 is 0 Å². The maximum Gasteiger partial charge on any atom is 0.0215 e. The molecule has 0 aromatic heterocycles. The van der Waals surface area contributed by atoms with Crippen molar-refractivity contribution in [2.24, 2.45) is 0 Å². The van der Waals surface area contributed by atoms with Crippen LogP contribution in [0.1, 0.15) is 36.1 Å². The molecule has 0 heteroatoms. The Balaban J connectivity index is 2.02. The van der Waals surface area contributed by atoms with Gasteiger partial charge in [0.05, 0.1) is 0 Å². The molecular formula is C16H13. The highest BCUT2D eigenvalue weighted by Gasteiger charge is 2.45. The molecule has 2 aromatic rings. The Morgan fingerprint density at radius 1 is 0.875 bits per heavy atom. The van der Waals surface area contributed by atoms with Crippen molar-refractivity contribution in [3.8, 4) is 11.1 Å². The van der Waals surface area contributed by atoms with Gasteiger partial charge in [0.15, 0.2) is 0 Å². The first kappa shape index (κ1) is 8.58. The molecule has 16 heavy (non-hydrogen) atoms. The summed E-state index contributed by atoms with van der Waals surface area (Å²) < 4.78 is 0. The SMILES string of the molecule is CC1(C)c2ccc3c(c21)[CH]c1ccccc1-3. The number of hydrogen-bond donors (Lipinski definition) is 0. The maximum absolute atomic E-state index is 2.35. The van der Waals surface area contributed by atoms with Gasteiger partial charge in [0, 0.05) is 11.8 Å². The number of hydrogen-bond acceptors (Lipinski definition) is 0. The lowest BCUT2D eigenvalue weighted by atomic mass is 10.0. The lowest BCUT2D eigenvalue weighted by molar-refractivity contribution is 0.791. The van der Waals surface area contributed by atoms with Crippen LogP contribution in [0, 0.1) is 6.42 Å². The van der Waals surface area contributed by atoms with E-state index in [1.165, 1.54) is 27.8 Å². The zero-order chi connectivity index (χ0) is 10.9. The molecule has 0 aliphatic heterocycles. The minimum atomic E-state index is 0.312. The van der Waals surface area contributed by atoms with Gasteiger partial charge >= 0.3 is 0 Å². The molecule has 0 fully saturated rings. The van der Waals surface area contributed by atoms with Gasteiger partial charge in [-0.1, -0.05) is 50.2 Å². The summed E-state index contributed by atoms with van der Waals surface area (Å²) in [6.07, 6.45) is 2.35. The van der Waals surface area contributed by atoms with Crippen molar-refractivity contribution in [2.75, 3.05) is 0 Å². The lowest BCUT2D eigenvalue weighted by Gasteiger charge is -1.99. The van der Waals surface area contributed by atoms with Gasteiger partial charge in [-0.15, -0.1) is 0 Å². The van der Waals surface area contributed by atoms with Gasteiger partial charge in [-0.2, -0.15) is 0 Å². The molecule has 0 saturated carbocycles. The summed E-state index contributed by atoms with van der Waals surface area (Å²) in [6, 6.07) is 13.2. The van der Waals surface area contributed by atoms with E-state index in [0.717, 1.165) is 0 Å². The highest BCUT2D eigenvalue weighted by atomic mass is 14.5. The first-order chi connectivity index (χ1) is 7.69. The standard InChI is InChI=1S/C16H13/c1-16(2)14-8-7-12-11-6-4-3-5-10(11)9-13(12)15(14)16/h3-9H,1-2H3. The van der Waals surface area contributed by atoms with E-state index >= 15 is 0 Å². The van der Waals surface area contributed by atoms with Gasteiger partial charge < -0.3 is 0 Å². The Bertz CT molecular complexity index is 618. The van der Waals surface area contributed by atoms with Crippen LogP contribution in [-0.2, 0) is 5.41 Å². The number of fused-ring (bicyclic) bond motifs is 5. The second-order valence-corrected chi connectivity index (χ2v) is 5.31. The van der Waals surface area contributed by atoms with Gasteiger partial charge in [-0.3, -0.25) is 0 Å². The summed E-state index contributed by atoms with van der Waals surface area (Å²) in [4.78, 5) is 0. The summed E-state index contributed by atoms with van der Waals surface area (Å²) in [5.41, 5.74) is 9.03. The van der Waals surface area contributed by atoms with Crippen LogP contribution in [0.25, 0.3) is 11.1 Å². The van der Waals surface area contributed by atoms with E-state index in [1.807, 2.05) is 0 Å². The molecule has 2 aromatic carbocycles. The van der Waals surface area contributed by atoms with Crippen molar-refractivity contribution in [3.63, 3.8) is 0 Å². The maximum atomic E-state index is 2.35. The van der Waals surface area contributed by atoms with Crippen LogP contribution in [0.2, 0.25) is 0 Å². The largest absolute Gasteiger partial charge is 0.0619 e. The summed E-state index contributed by atoms with van der Waals surface area (Å²) in [5.74, 6) is 0. The Morgan fingerprint density at radius 3 is 2.56 bits per heavy atom. The Labute approximate surface area is 95.9 Å². The molecule has 4 rings (SSSR count). The average molecular weight is 205 g/mol. The second kappa shape index (κ2) is 2.40. The minimum absolute atomic E-state index is 0.312. The molecule has 2 aliphatic rings. The smallest absolute Gasteiger partial charge is 0.0215 e. The van der Waals surface area contributed by atoms with Gasteiger partial charge in [-0.05, 0) is 33.4 Å². The quantitative estimate of drug-likeness (QED) is 0.522. The van der Waals surface area contributed by atoms with Crippen molar-refractivity contribution < 1.29 is 0 Å². The summed E-state index contributed by atoms with van der Waals surface area (Å²) >= 11 is 0. The lowest BCUT2D eigenvalue weighted by Crippen LogP contribution is -1.92.